The number of amides is 2. The smallest absolute Gasteiger partial charge is 0.255 e. The maximum Gasteiger partial charge on any atom is 0.255 e. The molecule has 0 radical (unpaired) electrons. The summed E-state index contributed by atoms with van der Waals surface area (Å²) in [5.41, 5.74) is 8.19. The van der Waals surface area contributed by atoms with Crippen LogP contribution in [0.3, 0.4) is 0 Å². The summed E-state index contributed by atoms with van der Waals surface area (Å²) in [7, 11) is 0. The molecule has 8 nitrogen and oxygen atoms in total. The van der Waals surface area contributed by atoms with Crippen LogP contribution in [0.25, 0.3) is 10.8 Å². The van der Waals surface area contributed by atoms with Gasteiger partial charge >= 0.3 is 0 Å². The van der Waals surface area contributed by atoms with Crippen molar-refractivity contribution < 1.29 is 14.7 Å². The molecule has 3 aromatic carbocycles. The molecule has 0 bridgehead atoms. The zero-order valence-electron chi connectivity index (χ0n) is 21.2. The maximum absolute atomic E-state index is 13.2. The van der Waals surface area contributed by atoms with Gasteiger partial charge in [0, 0.05) is 46.6 Å². The van der Waals surface area contributed by atoms with Gasteiger partial charge in [-0.15, -0.1) is 0 Å². The van der Waals surface area contributed by atoms with Crippen molar-refractivity contribution in [3.63, 3.8) is 0 Å². The Balaban J connectivity index is 1.57. The summed E-state index contributed by atoms with van der Waals surface area (Å²) >= 11 is 6.41. The van der Waals surface area contributed by atoms with Crippen molar-refractivity contribution in [3.05, 3.63) is 95.1 Å². The molecule has 4 rings (SSSR count). The summed E-state index contributed by atoms with van der Waals surface area (Å²) in [6, 6.07) is 19.8. The van der Waals surface area contributed by atoms with Crippen molar-refractivity contribution in [3.8, 4) is 0 Å². The number of pyridine rings is 1. The summed E-state index contributed by atoms with van der Waals surface area (Å²) in [5, 5.41) is 18.5. The molecule has 1 heterocycles. The molecule has 4 aromatic rings. The maximum atomic E-state index is 13.2. The Labute approximate surface area is 226 Å². The first-order valence-corrected chi connectivity index (χ1v) is 12.7. The Hall–Kier alpha value is -4.14. The predicted octanol–water partition coefficient (Wildman–Crippen LogP) is 4.79. The first kappa shape index (κ1) is 26.9. The minimum absolute atomic E-state index is 0.315. The van der Waals surface area contributed by atoms with Gasteiger partial charge in [0.1, 0.15) is 5.82 Å². The van der Waals surface area contributed by atoms with Crippen molar-refractivity contribution in [2.24, 2.45) is 0 Å². The minimum atomic E-state index is -1.63. The number of aliphatic hydroxyl groups excluding tert-OH is 1. The van der Waals surface area contributed by atoms with Gasteiger partial charge in [-0.3, -0.25) is 9.59 Å². The number of nitrogens with zero attached hydrogens (tertiary/aromatic N) is 2. The zero-order valence-corrected chi connectivity index (χ0v) is 21.9. The van der Waals surface area contributed by atoms with Crippen molar-refractivity contribution in [2.45, 2.75) is 26.0 Å². The fourth-order valence-electron chi connectivity index (χ4n) is 4.34. The third-order valence-electron chi connectivity index (χ3n) is 6.43. The number of carbonyl (C=O) groups excluding carboxylic acids is 2. The van der Waals surface area contributed by atoms with E-state index in [9.17, 15) is 14.7 Å². The molecule has 5 N–H and O–H groups in total. The van der Waals surface area contributed by atoms with E-state index in [1.54, 1.807) is 66.9 Å². The molecule has 0 saturated carbocycles. The van der Waals surface area contributed by atoms with Crippen molar-refractivity contribution in [1.29, 1.82) is 0 Å². The van der Waals surface area contributed by atoms with E-state index >= 15 is 0 Å². The molecule has 0 aliphatic heterocycles. The van der Waals surface area contributed by atoms with E-state index in [-0.39, 0.29) is 0 Å². The number of anilines is 3. The molecule has 0 spiro atoms. The van der Waals surface area contributed by atoms with E-state index in [2.05, 4.69) is 34.4 Å². The highest BCUT2D eigenvalue weighted by molar-refractivity contribution is 6.31. The SMILES string of the molecule is CCN(CC)c1ccc(C(=O)NC(c2ccccc2Cl)C(O)C(=O)Nc2ccc3c(N)nccc3c2)cc1. The zero-order chi connectivity index (χ0) is 27.2. The lowest BCUT2D eigenvalue weighted by atomic mass is 9.99. The van der Waals surface area contributed by atoms with Crippen LogP contribution in [0.15, 0.2) is 79.0 Å². The Morgan fingerprint density at radius 2 is 1.74 bits per heavy atom. The van der Waals surface area contributed by atoms with Crippen LogP contribution in [0.1, 0.15) is 35.8 Å². The number of rotatable bonds is 9. The Morgan fingerprint density at radius 1 is 1.03 bits per heavy atom. The Morgan fingerprint density at radius 3 is 2.42 bits per heavy atom. The minimum Gasteiger partial charge on any atom is -0.383 e. The van der Waals surface area contributed by atoms with Crippen LogP contribution in [0.2, 0.25) is 5.02 Å². The molecular formula is C29H30ClN5O3. The monoisotopic (exact) mass is 531 g/mol. The number of aromatic nitrogens is 1. The highest BCUT2D eigenvalue weighted by atomic mass is 35.5. The molecule has 0 aliphatic carbocycles. The number of hydrogen-bond acceptors (Lipinski definition) is 6. The molecule has 0 fully saturated rings. The molecule has 1 aromatic heterocycles. The van der Waals surface area contributed by atoms with Gasteiger partial charge in [-0.2, -0.15) is 0 Å². The summed E-state index contributed by atoms with van der Waals surface area (Å²) in [4.78, 5) is 32.6. The molecule has 2 atom stereocenters. The first-order valence-electron chi connectivity index (χ1n) is 12.4. The number of halogens is 1. The predicted molar refractivity (Wildman–Crippen MR) is 152 cm³/mol. The number of hydrogen-bond donors (Lipinski definition) is 4. The van der Waals surface area contributed by atoms with E-state index in [4.69, 9.17) is 17.3 Å². The average Bonchev–Trinajstić information content (AvgIpc) is 2.93. The fraction of sp³-hybridized carbons (Fsp3) is 0.207. The van der Waals surface area contributed by atoms with Crippen LogP contribution in [-0.2, 0) is 4.79 Å². The summed E-state index contributed by atoms with van der Waals surface area (Å²) in [5.74, 6) is -0.762. The third-order valence-corrected chi connectivity index (χ3v) is 6.78. The lowest BCUT2D eigenvalue weighted by Crippen LogP contribution is -2.42. The van der Waals surface area contributed by atoms with Crippen LogP contribution in [0.4, 0.5) is 17.2 Å². The molecule has 0 saturated heterocycles. The lowest BCUT2D eigenvalue weighted by molar-refractivity contribution is -0.125. The summed E-state index contributed by atoms with van der Waals surface area (Å²) in [6.45, 7) is 5.82. The van der Waals surface area contributed by atoms with Gasteiger partial charge in [0.2, 0.25) is 0 Å². The fourth-order valence-corrected chi connectivity index (χ4v) is 4.59. The molecule has 0 aliphatic rings. The molecule has 2 unspecified atom stereocenters. The van der Waals surface area contributed by atoms with Crippen LogP contribution < -0.4 is 21.3 Å². The number of fused-ring (bicyclic) bond motifs is 1. The molecule has 38 heavy (non-hydrogen) atoms. The quantitative estimate of drug-likeness (QED) is 0.246. The first-order chi connectivity index (χ1) is 18.3. The van der Waals surface area contributed by atoms with E-state index < -0.39 is 24.0 Å². The van der Waals surface area contributed by atoms with Gasteiger partial charge in [-0.05, 0) is 79.4 Å². The highest BCUT2D eigenvalue weighted by Crippen LogP contribution is 2.28. The van der Waals surface area contributed by atoms with Crippen LogP contribution >= 0.6 is 11.6 Å². The third kappa shape index (κ3) is 5.88. The number of aliphatic hydroxyl groups is 1. The van der Waals surface area contributed by atoms with E-state index in [1.807, 2.05) is 12.1 Å². The second-order valence-corrected chi connectivity index (χ2v) is 9.17. The second kappa shape index (κ2) is 11.9. The highest BCUT2D eigenvalue weighted by Gasteiger charge is 2.31. The van der Waals surface area contributed by atoms with E-state index in [1.165, 1.54) is 0 Å². The number of carbonyl (C=O) groups is 2. The lowest BCUT2D eigenvalue weighted by Gasteiger charge is -2.25. The van der Waals surface area contributed by atoms with Crippen LogP contribution in [0, 0.1) is 0 Å². The Kier molecular flexibility index (Phi) is 8.45. The number of nitrogen functional groups attached to an aromatic ring is 1. The normalized spacial score (nSPS) is 12.5. The molecule has 196 valence electrons. The van der Waals surface area contributed by atoms with Crippen molar-refractivity contribution in [1.82, 2.24) is 10.3 Å². The van der Waals surface area contributed by atoms with E-state index in [0.29, 0.717) is 27.7 Å². The van der Waals surface area contributed by atoms with Crippen molar-refractivity contribution in [2.75, 3.05) is 29.0 Å². The van der Waals surface area contributed by atoms with Gasteiger partial charge < -0.3 is 26.4 Å². The van der Waals surface area contributed by atoms with Gasteiger partial charge in [-0.25, -0.2) is 4.98 Å². The molecular weight excluding hydrogens is 502 g/mol. The molecule has 2 amide bonds. The van der Waals surface area contributed by atoms with E-state index in [0.717, 1.165) is 29.5 Å². The van der Waals surface area contributed by atoms with Crippen LogP contribution in [-0.4, -0.2) is 41.1 Å². The summed E-state index contributed by atoms with van der Waals surface area (Å²) < 4.78 is 0. The van der Waals surface area contributed by atoms with Gasteiger partial charge in [0.15, 0.2) is 6.10 Å². The van der Waals surface area contributed by atoms with Crippen LogP contribution in [0.5, 0.6) is 0 Å². The average molecular weight is 532 g/mol. The number of benzene rings is 3. The number of nitrogens with two attached hydrogens (primary N) is 1. The Bertz CT molecular complexity index is 1440. The van der Waals surface area contributed by atoms with Gasteiger partial charge in [0.25, 0.3) is 11.8 Å². The second-order valence-electron chi connectivity index (χ2n) is 8.76. The topological polar surface area (TPSA) is 121 Å². The standard InChI is InChI=1S/C29H30ClN5O3/c1-3-35(4-2)21-12-9-18(10-13-21)28(37)34-25(23-7-5-6-8-24(23)30)26(36)29(38)33-20-11-14-22-19(17-20)15-16-32-27(22)31/h5-17,25-26,36H,3-4H2,1-2H3,(H2,31,32)(H,33,38)(H,34,37). The molecule has 9 heteroatoms. The largest absolute Gasteiger partial charge is 0.383 e. The number of nitrogens with one attached hydrogen (secondary N) is 2. The summed E-state index contributed by atoms with van der Waals surface area (Å²) in [6.07, 6.45) is -0.0534. The van der Waals surface area contributed by atoms with Gasteiger partial charge in [0.05, 0.1) is 6.04 Å². The van der Waals surface area contributed by atoms with Gasteiger partial charge in [-0.1, -0.05) is 29.8 Å². The van der Waals surface area contributed by atoms with Crippen molar-refractivity contribution >= 4 is 51.4 Å².